The van der Waals surface area contributed by atoms with Gasteiger partial charge >= 0.3 is 0 Å². The van der Waals surface area contributed by atoms with Crippen LogP contribution in [0, 0.1) is 0 Å². The third-order valence-corrected chi connectivity index (χ3v) is 8.00. The number of ether oxygens (including phenoxy) is 1. The number of sulfonamides is 1. The zero-order valence-corrected chi connectivity index (χ0v) is 18.8. The van der Waals surface area contributed by atoms with Crippen LogP contribution in [-0.4, -0.2) is 44.9 Å². The van der Waals surface area contributed by atoms with Gasteiger partial charge in [0.05, 0.1) is 25.0 Å². The lowest BCUT2D eigenvalue weighted by molar-refractivity contribution is 0.0729. The van der Waals surface area contributed by atoms with Crippen LogP contribution < -0.4 is 5.32 Å². The molecule has 2 aromatic rings. The van der Waals surface area contributed by atoms with Crippen LogP contribution >= 0.6 is 0 Å². The summed E-state index contributed by atoms with van der Waals surface area (Å²) in [6, 6.07) is 13.2. The topological polar surface area (TPSA) is 75.7 Å². The van der Waals surface area contributed by atoms with Crippen molar-refractivity contribution < 1.29 is 17.9 Å². The molecule has 166 valence electrons. The molecule has 1 fully saturated rings. The SMILES string of the molecule is CC(NC(=O)c1ccc(CS(=O)(=O)N2CCOCC2)cc1)c1ccc2c(c1)CCCC2. The van der Waals surface area contributed by atoms with E-state index in [-0.39, 0.29) is 17.7 Å². The first-order valence-corrected chi connectivity index (χ1v) is 12.6. The van der Waals surface area contributed by atoms with Crippen LogP contribution in [0.4, 0.5) is 0 Å². The van der Waals surface area contributed by atoms with E-state index in [1.165, 1.54) is 28.3 Å². The maximum Gasteiger partial charge on any atom is 0.251 e. The fraction of sp³-hybridized carbons (Fsp3) is 0.458. The Balaban J connectivity index is 1.38. The summed E-state index contributed by atoms with van der Waals surface area (Å²) in [6.45, 7) is 3.64. The van der Waals surface area contributed by atoms with E-state index in [0.717, 1.165) is 18.4 Å². The first-order chi connectivity index (χ1) is 14.9. The molecule has 0 radical (unpaired) electrons. The molecular weight excluding hydrogens is 412 g/mol. The molecule has 1 amide bonds. The summed E-state index contributed by atoms with van der Waals surface area (Å²) in [5, 5.41) is 3.06. The van der Waals surface area contributed by atoms with E-state index in [0.29, 0.717) is 37.4 Å². The molecule has 4 rings (SSSR count). The molecule has 1 saturated heterocycles. The van der Waals surface area contributed by atoms with Crippen LogP contribution in [0.25, 0.3) is 0 Å². The van der Waals surface area contributed by atoms with Crippen molar-refractivity contribution in [3.63, 3.8) is 0 Å². The summed E-state index contributed by atoms with van der Waals surface area (Å²) in [4.78, 5) is 12.7. The van der Waals surface area contributed by atoms with Gasteiger partial charge in [0.15, 0.2) is 0 Å². The van der Waals surface area contributed by atoms with Gasteiger partial charge in [-0.05, 0) is 67.0 Å². The Bertz CT molecular complexity index is 1030. The fourth-order valence-corrected chi connectivity index (χ4v) is 5.77. The summed E-state index contributed by atoms with van der Waals surface area (Å²) < 4.78 is 31.8. The maximum atomic E-state index is 12.7. The predicted octanol–water partition coefficient (Wildman–Crippen LogP) is 3.22. The van der Waals surface area contributed by atoms with Crippen molar-refractivity contribution in [2.45, 2.75) is 44.4 Å². The minimum atomic E-state index is -3.38. The summed E-state index contributed by atoms with van der Waals surface area (Å²) >= 11 is 0. The van der Waals surface area contributed by atoms with E-state index >= 15 is 0 Å². The Kier molecular flexibility index (Phi) is 6.74. The lowest BCUT2D eigenvalue weighted by atomic mass is 9.89. The first kappa shape index (κ1) is 22.0. The minimum absolute atomic E-state index is 0.0690. The molecule has 1 heterocycles. The van der Waals surface area contributed by atoms with E-state index in [9.17, 15) is 13.2 Å². The highest BCUT2D eigenvalue weighted by molar-refractivity contribution is 7.88. The molecule has 0 bridgehead atoms. The Hall–Kier alpha value is -2.22. The Morgan fingerprint density at radius 3 is 2.42 bits per heavy atom. The van der Waals surface area contributed by atoms with Crippen molar-refractivity contribution in [3.05, 3.63) is 70.3 Å². The quantitative estimate of drug-likeness (QED) is 0.745. The lowest BCUT2D eigenvalue weighted by Crippen LogP contribution is -2.41. The van der Waals surface area contributed by atoms with Gasteiger partial charge in [-0.25, -0.2) is 8.42 Å². The number of hydrogen-bond donors (Lipinski definition) is 1. The Labute approximate surface area is 184 Å². The summed E-state index contributed by atoms with van der Waals surface area (Å²) in [7, 11) is -3.38. The monoisotopic (exact) mass is 442 g/mol. The van der Waals surface area contributed by atoms with Crippen LogP contribution in [0.15, 0.2) is 42.5 Å². The highest BCUT2D eigenvalue weighted by Gasteiger charge is 2.24. The van der Waals surface area contributed by atoms with Gasteiger partial charge in [0.1, 0.15) is 0 Å². The molecule has 2 aromatic carbocycles. The summed E-state index contributed by atoms with van der Waals surface area (Å²) in [5.41, 5.74) is 5.14. The third-order valence-electron chi connectivity index (χ3n) is 6.15. The van der Waals surface area contributed by atoms with Crippen molar-refractivity contribution in [3.8, 4) is 0 Å². The normalized spacial score (nSPS) is 18.2. The molecule has 2 aliphatic rings. The number of morpholine rings is 1. The second-order valence-corrected chi connectivity index (χ2v) is 10.4. The average Bonchev–Trinajstić information content (AvgIpc) is 2.79. The second kappa shape index (κ2) is 9.51. The average molecular weight is 443 g/mol. The Morgan fingerprint density at radius 2 is 1.71 bits per heavy atom. The standard InChI is InChI=1S/C24H30N2O4S/c1-18(22-11-10-20-4-2-3-5-23(20)16-22)25-24(27)21-8-6-19(7-9-21)17-31(28,29)26-12-14-30-15-13-26/h6-11,16,18H,2-5,12-15,17H2,1H3,(H,25,27). The van der Waals surface area contributed by atoms with Crippen LogP contribution in [0.2, 0.25) is 0 Å². The van der Waals surface area contributed by atoms with E-state index in [1.54, 1.807) is 24.3 Å². The number of benzene rings is 2. The largest absolute Gasteiger partial charge is 0.379 e. The fourth-order valence-electron chi connectivity index (χ4n) is 4.27. The molecule has 0 saturated carbocycles. The smallest absolute Gasteiger partial charge is 0.251 e. The first-order valence-electron chi connectivity index (χ1n) is 11.0. The number of hydrogen-bond acceptors (Lipinski definition) is 4. The van der Waals surface area contributed by atoms with Gasteiger partial charge in [0.2, 0.25) is 10.0 Å². The molecule has 0 spiro atoms. The van der Waals surface area contributed by atoms with E-state index in [2.05, 4.69) is 23.5 Å². The summed E-state index contributed by atoms with van der Waals surface area (Å²) in [5.74, 6) is -0.228. The number of amides is 1. The van der Waals surface area contributed by atoms with E-state index < -0.39 is 10.0 Å². The predicted molar refractivity (Wildman–Crippen MR) is 120 cm³/mol. The molecule has 1 aliphatic heterocycles. The molecule has 0 aromatic heterocycles. The summed E-state index contributed by atoms with van der Waals surface area (Å²) in [6.07, 6.45) is 4.73. The molecular formula is C24H30N2O4S. The van der Waals surface area contributed by atoms with Crippen molar-refractivity contribution >= 4 is 15.9 Å². The van der Waals surface area contributed by atoms with Gasteiger partial charge in [-0.2, -0.15) is 4.31 Å². The maximum absolute atomic E-state index is 12.7. The molecule has 6 nitrogen and oxygen atoms in total. The number of fused-ring (bicyclic) bond motifs is 1. The third kappa shape index (κ3) is 5.34. The number of nitrogens with zero attached hydrogens (tertiary/aromatic N) is 1. The number of nitrogens with one attached hydrogen (secondary N) is 1. The molecule has 1 atom stereocenters. The Morgan fingerprint density at radius 1 is 1.03 bits per heavy atom. The molecule has 7 heteroatoms. The van der Waals surface area contributed by atoms with Crippen LogP contribution in [0.1, 0.15) is 58.4 Å². The zero-order valence-electron chi connectivity index (χ0n) is 18.0. The second-order valence-electron chi connectivity index (χ2n) is 8.39. The van der Waals surface area contributed by atoms with Gasteiger partial charge < -0.3 is 10.1 Å². The zero-order chi connectivity index (χ0) is 21.8. The van der Waals surface area contributed by atoms with Crippen molar-refractivity contribution in [1.82, 2.24) is 9.62 Å². The highest BCUT2D eigenvalue weighted by atomic mass is 32.2. The van der Waals surface area contributed by atoms with Gasteiger partial charge in [0, 0.05) is 18.7 Å². The van der Waals surface area contributed by atoms with Gasteiger partial charge in [-0.1, -0.05) is 30.3 Å². The van der Waals surface area contributed by atoms with Crippen molar-refractivity contribution in [2.24, 2.45) is 0 Å². The molecule has 1 unspecified atom stereocenters. The number of rotatable bonds is 6. The van der Waals surface area contributed by atoms with Crippen molar-refractivity contribution in [1.29, 1.82) is 0 Å². The van der Waals surface area contributed by atoms with Crippen molar-refractivity contribution in [2.75, 3.05) is 26.3 Å². The number of carbonyl (C=O) groups excluding carboxylic acids is 1. The van der Waals surface area contributed by atoms with Gasteiger partial charge in [-0.3, -0.25) is 4.79 Å². The van der Waals surface area contributed by atoms with E-state index in [1.807, 2.05) is 6.92 Å². The molecule has 31 heavy (non-hydrogen) atoms. The highest BCUT2D eigenvalue weighted by Crippen LogP contribution is 2.25. The van der Waals surface area contributed by atoms with E-state index in [4.69, 9.17) is 4.74 Å². The molecule has 1 N–H and O–H groups in total. The number of carbonyl (C=O) groups is 1. The van der Waals surface area contributed by atoms with Crippen LogP contribution in [0.3, 0.4) is 0 Å². The molecule has 1 aliphatic carbocycles. The van der Waals surface area contributed by atoms with Gasteiger partial charge in [0.25, 0.3) is 5.91 Å². The van der Waals surface area contributed by atoms with Crippen LogP contribution in [0.5, 0.6) is 0 Å². The van der Waals surface area contributed by atoms with Crippen LogP contribution in [-0.2, 0) is 33.4 Å². The number of aryl methyl sites for hydroxylation is 2. The van der Waals surface area contributed by atoms with Gasteiger partial charge in [-0.15, -0.1) is 0 Å². The lowest BCUT2D eigenvalue weighted by Gasteiger charge is -2.26. The minimum Gasteiger partial charge on any atom is -0.379 e.